The SMILES string of the molecule is CC.NC/C=C/CC1CC1. The molecule has 0 unspecified atom stereocenters. The molecule has 1 heteroatoms. The number of allylic oxidation sites excluding steroid dienone is 1. The van der Waals surface area contributed by atoms with Gasteiger partial charge in [0.1, 0.15) is 0 Å². The lowest BCUT2D eigenvalue weighted by atomic mass is 10.3. The van der Waals surface area contributed by atoms with Gasteiger partial charge in [-0.3, -0.25) is 0 Å². The smallest absolute Gasteiger partial charge is 0.0106 e. The van der Waals surface area contributed by atoms with Crippen LogP contribution in [-0.4, -0.2) is 6.54 Å². The predicted octanol–water partition coefficient (Wildman–Crippen LogP) is 2.33. The van der Waals surface area contributed by atoms with Gasteiger partial charge in [-0.2, -0.15) is 0 Å². The molecule has 1 fully saturated rings. The molecule has 2 N–H and O–H groups in total. The first-order chi connectivity index (χ1) is 4.93. The van der Waals surface area contributed by atoms with E-state index in [-0.39, 0.29) is 0 Å². The highest BCUT2D eigenvalue weighted by molar-refractivity contribution is 4.88. The zero-order valence-electron chi connectivity index (χ0n) is 7.14. The molecule has 0 spiro atoms. The van der Waals surface area contributed by atoms with Crippen LogP contribution in [0, 0.1) is 5.92 Å². The van der Waals surface area contributed by atoms with Crippen molar-refractivity contribution in [3.05, 3.63) is 12.2 Å². The van der Waals surface area contributed by atoms with Gasteiger partial charge in [0.25, 0.3) is 0 Å². The summed E-state index contributed by atoms with van der Waals surface area (Å²) in [6.45, 7) is 4.70. The monoisotopic (exact) mass is 141 g/mol. The van der Waals surface area contributed by atoms with Crippen LogP contribution >= 0.6 is 0 Å². The van der Waals surface area contributed by atoms with Crippen LogP contribution in [0.25, 0.3) is 0 Å². The Morgan fingerprint density at radius 3 is 2.30 bits per heavy atom. The Morgan fingerprint density at radius 2 is 1.90 bits per heavy atom. The van der Waals surface area contributed by atoms with Crippen LogP contribution in [0.2, 0.25) is 0 Å². The van der Waals surface area contributed by atoms with Gasteiger partial charge in [-0.15, -0.1) is 0 Å². The molecule has 1 aliphatic rings. The van der Waals surface area contributed by atoms with Crippen molar-refractivity contribution in [2.75, 3.05) is 6.54 Å². The van der Waals surface area contributed by atoms with Gasteiger partial charge in [-0.05, 0) is 25.2 Å². The Kier molecular flexibility index (Phi) is 6.61. The van der Waals surface area contributed by atoms with Crippen LogP contribution in [0.15, 0.2) is 12.2 Å². The van der Waals surface area contributed by atoms with E-state index in [1.54, 1.807) is 0 Å². The van der Waals surface area contributed by atoms with E-state index >= 15 is 0 Å². The van der Waals surface area contributed by atoms with Crippen molar-refractivity contribution in [2.24, 2.45) is 11.7 Å². The summed E-state index contributed by atoms with van der Waals surface area (Å²) in [5.41, 5.74) is 5.25. The maximum atomic E-state index is 5.25. The Hall–Kier alpha value is -0.300. The summed E-state index contributed by atoms with van der Waals surface area (Å²) < 4.78 is 0. The minimum absolute atomic E-state index is 0.701. The summed E-state index contributed by atoms with van der Waals surface area (Å²) >= 11 is 0. The van der Waals surface area contributed by atoms with Gasteiger partial charge in [-0.25, -0.2) is 0 Å². The molecule has 0 bridgehead atoms. The van der Waals surface area contributed by atoms with E-state index < -0.39 is 0 Å². The second-order valence-electron chi connectivity index (χ2n) is 2.39. The first-order valence-electron chi connectivity index (χ1n) is 4.28. The molecule has 0 amide bonds. The fraction of sp³-hybridized carbons (Fsp3) is 0.778. The molecule has 0 heterocycles. The van der Waals surface area contributed by atoms with Gasteiger partial charge in [0, 0.05) is 6.54 Å². The third-order valence-corrected chi connectivity index (χ3v) is 1.47. The van der Waals surface area contributed by atoms with Crippen LogP contribution in [0.5, 0.6) is 0 Å². The summed E-state index contributed by atoms with van der Waals surface area (Å²) in [6, 6.07) is 0. The lowest BCUT2D eigenvalue weighted by Gasteiger charge is -1.82. The van der Waals surface area contributed by atoms with E-state index in [1.165, 1.54) is 19.3 Å². The van der Waals surface area contributed by atoms with Crippen molar-refractivity contribution < 1.29 is 0 Å². The molecule has 0 saturated heterocycles. The molecule has 1 aliphatic carbocycles. The summed E-state index contributed by atoms with van der Waals surface area (Å²) in [5.74, 6) is 1.01. The molecular weight excluding hydrogens is 122 g/mol. The van der Waals surface area contributed by atoms with Crippen LogP contribution in [0.1, 0.15) is 33.1 Å². The summed E-state index contributed by atoms with van der Waals surface area (Å²) in [4.78, 5) is 0. The van der Waals surface area contributed by atoms with E-state index in [0.29, 0.717) is 6.54 Å². The number of hydrogen-bond donors (Lipinski definition) is 1. The molecule has 10 heavy (non-hydrogen) atoms. The molecule has 0 radical (unpaired) electrons. The van der Waals surface area contributed by atoms with Crippen LogP contribution in [0.4, 0.5) is 0 Å². The lowest BCUT2D eigenvalue weighted by Crippen LogP contribution is -1.91. The zero-order chi connectivity index (χ0) is 7.82. The van der Waals surface area contributed by atoms with Crippen LogP contribution in [0.3, 0.4) is 0 Å². The minimum atomic E-state index is 0.701. The van der Waals surface area contributed by atoms with Crippen molar-refractivity contribution >= 4 is 0 Å². The van der Waals surface area contributed by atoms with Crippen molar-refractivity contribution in [1.82, 2.24) is 0 Å². The normalized spacial score (nSPS) is 16.7. The van der Waals surface area contributed by atoms with Crippen molar-refractivity contribution in [1.29, 1.82) is 0 Å². The van der Waals surface area contributed by atoms with Crippen LogP contribution < -0.4 is 5.73 Å². The maximum absolute atomic E-state index is 5.25. The number of hydrogen-bond acceptors (Lipinski definition) is 1. The van der Waals surface area contributed by atoms with Crippen molar-refractivity contribution in [3.8, 4) is 0 Å². The Balaban J connectivity index is 0.000000371. The van der Waals surface area contributed by atoms with Crippen LogP contribution in [-0.2, 0) is 0 Å². The first-order valence-corrected chi connectivity index (χ1v) is 4.28. The van der Waals surface area contributed by atoms with Gasteiger partial charge < -0.3 is 5.73 Å². The highest BCUT2D eigenvalue weighted by Crippen LogP contribution is 2.32. The molecule has 0 aliphatic heterocycles. The number of rotatable bonds is 3. The molecular formula is C9H19N. The summed E-state index contributed by atoms with van der Waals surface area (Å²) in [7, 11) is 0. The third kappa shape index (κ3) is 5.83. The maximum Gasteiger partial charge on any atom is 0.0106 e. The second kappa shape index (κ2) is 6.81. The van der Waals surface area contributed by atoms with Gasteiger partial charge in [0.2, 0.25) is 0 Å². The van der Waals surface area contributed by atoms with E-state index in [2.05, 4.69) is 6.08 Å². The van der Waals surface area contributed by atoms with E-state index in [0.717, 1.165) is 5.92 Å². The summed E-state index contributed by atoms with van der Waals surface area (Å²) in [6.07, 6.45) is 8.37. The third-order valence-electron chi connectivity index (χ3n) is 1.47. The van der Waals surface area contributed by atoms with Gasteiger partial charge in [0.05, 0.1) is 0 Å². The molecule has 60 valence electrons. The van der Waals surface area contributed by atoms with Crippen molar-refractivity contribution in [3.63, 3.8) is 0 Å². The Bertz CT molecular complexity index is 82.7. The van der Waals surface area contributed by atoms with Crippen molar-refractivity contribution in [2.45, 2.75) is 33.1 Å². The molecule has 0 aromatic rings. The molecule has 1 nitrogen and oxygen atoms in total. The minimum Gasteiger partial charge on any atom is -0.327 e. The first kappa shape index (κ1) is 9.70. The fourth-order valence-electron chi connectivity index (χ4n) is 0.738. The Morgan fingerprint density at radius 1 is 1.30 bits per heavy atom. The van der Waals surface area contributed by atoms with Gasteiger partial charge >= 0.3 is 0 Å². The molecule has 1 rings (SSSR count). The fourth-order valence-corrected chi connectivity index (χ4v) is 0.738. The highest BCUT2D eigenvalue weighted by Gasteiger charge is 2.18. The predicted molar refractivity (Wildman–Crippen MR) is 46.9 cm³/mol. The van der Waals surface area contributed by atoms with E-state index in [4.69, 9.17) is 5.73 Å². The Labute approximate surface area is 64.3 Å². The second-order valence-corrected chi connectivity index (χ2v) is 2.39. The van der Waals surface area contributed by atoms with E-state index in [1.807, 2.05) is 19.9 Å². The number of nitrogens with two attached hydrogens (primary N) is 1. The zero-order valence-corrected chi connectivity index (χ0v) is 7.14. The highest BCUT2D eigenvalue weighted by atomic mass is 14.5. The molecule has 0 aromatic heterocycles. The summed E-state index contributed by atoms with van der Waals surface area (Å²) in [5, 5.41) is 0. The van der Waals surface area contributed by atoms with Gasteiger partial charge in [0.15, 0.2) is 0 Å². The average molecular weight is 141 g/mol. The largest absolute Gasteiger partial charge is 0.327 e. The molecule has 0 aromatic carbocycles. The average Bonchev–Trinajstić information content (AvgIpc) is 2.77. The lowest BCUT2D eigenvalue weighted by molar-refractivity contribution is 0.860. The standard InChI is InChI=1S/C7H13N.C2H6/c8-6-2-1-3-7-4-5-7;1-2/h1-2,7H,3-6,8H2;1-2H3/b2-1+;. The van der Waals surface area contributed by atoms with Gasteiger partial charge in [-0.1, -0.05) is 26.0 Å². The quantitative estimate of drug-likeness (QED) is 0.600. The van der Waals surface area contributed by atoms with E-state index in [9.17, 15) is 0 Å². The molecule has 0 atom stereocenters. The topological polar surface area (TPSA) is 26.0 Å². The molecule has 1 saturated carbocycles.